The molecule has 1 atom stereocenters. The summed E-state index contributed by atoms with van der Waals surface area (Å²) in [6.07, 6.45) is 1.42. The first-order chi connectivity index (χ1) is 5.65. The van der Waals surface area contributed by atoms with Crippen molar-refractivity contribution in [1.29, 1.82) is 0 Å². The van der Waals surface area contributed by atoms with Gasteiger partial charge in [0.15, 0.2) is 0 Å². The maximum absolute atomic E-state index is 9.59. The van der Waals surface area contributed by atoms with E-state index in [0.29, 0.717) is 5.02 Å². The molecule has 0 bridgehead atoms. The van der Waals surface area contributed by atoms with E-state index in [2.05, 4.69) is 15.9 Å². The van der Waals surface area contributed by atoms with Gasteiger partial charge in [-0.1, -0.05) is 24.9 Å². The fourth-order valence-corrected chi connectivity index (χ4v) is 2.71. The largest absolute Gasteiger partial charge is 0.388 e. The summed E-state index contributed by atoms with van der Waals surface area (Å²) in [6, 6.07) is 1.82. The van der Waals surface area contributed by atoms with Crippen molar-refractivity contribution >= 4 is 38.9 Å². The summed E-state index contributed by atoms with van der Waals surface area (Å²) in [5.74, 6) is 0. The molecule has 1 aromatic rings. The molecule has 0 aromatic carbocycles. The molecule has 1 nitrogen and oxygen atoms in total. The molecule has 68 valence electrons. The summed E-state index contributed by atoms with van der Waals surface area (Å²) in [7, 11) is 0. The zero-order valence-electron chi connectivity index (χ0n) is 6.68. The minimum atomic E-state index is -0.358. The van der Waals surface area contributed by atoms with Crippen LogP contribution in [0.25, 0.3) is 0 Å². The van der Waals surface area contributed by atoms with Gasteiger partial charge >= 0.3 is 0 Å². The molecule has 1 heterocycles. The van der Waals surface area contributed by atoms with E-state index in [1.807, 2.05) is 13.0 Å². The van der Waals surface area contributed by atoms with Crippen LogP contribution in [0.3, 0.4) is 0 Å². The maximum atomic E-state index is 9.59. The van der Waals surface area contributed by atoms with Crippen molar-refractivity contribution in [3.05, 3.63) is 19.8 Å². The van der Waals surface area contributed by atoms with Gasteiger partial charge in [-0.05, 0) is 28.4 Å². The Labute approximate surface area is 89.5 Å². The molecule has 4 heteroatoms. The molecular weight excluding hydrogens is 260 g/mol. The Hall–Kier alpha value is 0.430. The summed E-state index contributed by atoms with van der Waals surface area (Å²) >= 11 is 10.6. The van der Waals surface area contributed by atoms with E-state index >= 15 is 0 Å². The topological polar surface area (TPSA) is 20.2 Å². The molecule has 0 amide bonds. The molecular formula is C8H10BrClOS. The van der Waals surface area contributed by atoms with Crippen LogP contribution in [0.2, 0.25) is 5.02 Å². The van der Waals surface area contributed by atoms with Gasteiger partial charge in [-0.3, -0.25) is 0 Å². The third kappa shape index (κ3) is 2.46. The summed E-state index contributed by atoms with van der Waals surface area (Å²) in [5.41, 5.74) is 0. The van der Waals surface area contributed by atoms with Crippen molar-refractivity contribution in [2.75, 3.05) is 0 Å². The lowest BCUT2D eigenvalue weighted by Gasteiger charge is -2.04. The molecule has 0 aliphatic carbocycles. The highest BCUT2D eigenvalue weighted by Gasteiger charge is 2.11. The summed E-state index contributed by atoms with van der Waals surface area (Å²) in [5, 5.41) is 10.3. The van der Waals surface area contributed by atoms with Crippen LogP contribution >= 0.6 is 38.9 Å². The summed E-state index contributed by atoms with van der Waals surface area (Å²) in [4.78, 5) is 0.939. The molecule has 1 aromatic heterocycles. The zero-order chi connectivity index (χ0) is 9.14. The quantitative estimate of drug-likeness (QED) is 0.879. The van der Waals surface area contributed by atoms with Crippen molar-refractivity contribution in [3.8, 4) is 0 Å². The van der Waals surface area contributed by atoms with Gasteiger partial charge in [0.05, 0.1) is 14.9 Å². The van der Waals surface area contributed by atoms with E-state index in [-0.39, 0.29) is 6.10 Å². The number of aliphatic hydroxyl groups is 1. The standard InChI is InChI=1S/C8H10BrClOS/c1-2-3-6(11)7-4-5(10)8(9)12-7/h4,6,11H,2-3H2,1H3. The molecule has 0 fully saturated rings. The molecule has 0 saturated carbocycles. The number of halogens is 2. The van der Waals surface area contributed by atoms with Crippen molar-refractivity contribution in [2.24, 2.45) is 0 Å². The van der Waals surface area contributed by atoms with Crippen molar-refractivity contribution in [1.82, 2.24) is 0 Å². The monoisotopic (exact) mass is 268 g/mol. The van der Waals surface area contributed by atoms with Crippen LogP contribution in [-0.4, -0.2) is 5.11 Å². The van der Waals surface area contributed by atoms with Crippen LogP contribution in [0.1, 0.15) is 30.7 Å². The lowest BCUT2D eigenvalue weighted by molar-refractivity contribution is 0.170. The van der Waals surface area contributed by atoms with Crippen LogP contribution in [0.4, 0.5) is 0 Å². The van der Waals surface area contributed by atoms with E-state index in [1.54, 1.807) is 0 Å². The molecule has 0 aliphatic heterocycles. The molecule has 0 saturated heterocycles. The fourth-order valence-electron chi connectivity index (χ4n) is 0.943. The average Bonchev–Trinajstić information content (AvgIpc) is 2.33. The molecule has 0 aliphatic rings. The van der Waals surface area contributed by atoms with Crippen molar-refractivity contribution in [2.45, 2.75) is 25.9 Å². The minimum Gasteiger partial charge on any atom is -0.388 e. The first-order valence-corrected chi connectivity index (χ1v) is 5.76. The van der Waals surface area contributed by atoms with Crippen LogP contribution in [0.15, 0.2) is 9.85 Å². The van der Waals surface area contributed by atoms with Crippen molar-refractivity contribution < 1.29 is 5.11 Å². The zero-order valence-corrected chi connectivity index (χ0v) is 9.84. The number of aliphatic hydroxyl groups excluding tert-OH is 1. The lowest BCUT2D eigenvalue weighted by atomic mass is 10.2. The molecule has 1 N–H and O–H groups in total. The maximum Gasteiger partial charge on any atom is 0.0888 e. The number of thiophene rings is 1. The van der Waals surface area contributed by atoms with Gasteiger partial charge in [-0.25, -0.2) is 0 Å². The van der Waals surface area contributed by atoms with E-state index in [4.69, 9.17) is 11.6 Å². The Kier molecular flexibility index (Phi) is 4.03. The molecule has 12 heavy (non-hydrogen) atoms. The van der Waals surface area contributed by atoms with Crippen LogP contribution < -0.4 is 0 Å². The highest BCUT2D eigenvalue weighted by molar-refractivity contribution is 9.11. The van der Waals surface area contributed by atoms with Gasteiger partial charge in [-0.15, -0.1) is 11.3 Å². The smallest absolute Gasteiger partial charge is 0.0888 e. The SMILES string of the molecule is CCCC(O)c1cc(Cl)c(Br)s1. The third-order valence-corrected chi connectivity index (χ3v) is 4.13. The molecule has 1 rings (SSSR count). The average molecular weight is 270 g/mol. The molecule has 0 spiro atoms. The Morgan fingerprint density at radius 2 is 2.42 bits per heavy atom. The first kappa shape index (κ1) is 10.5. The first-order valence-electron chi connectivity index (χ1n) is 3.78. The van der Waals surface area contributed by atoms with Crippen molar-refractivity contribution in [3.63, 3.8) is 0 Å². The van der Waals surface area contributed by atoms with E-state index in [9.17, 15) is 5.11 Å². The van der Waals surface area contributed by atoms with Gasteiger partial charge in [0.2, 0.25) is 0 Å². The predicted molar refractivity (Wildman–Crippen MR) is 56.9 cm³/mol. The van der Waals surface area contributed by atoms with Crippen LogP contribution in [-0.2, 0) is 0 Å². The van der Waals surface area contributed by atoms with Gasteiger partial charge in [-0.2, -0.15) is 0 Å². The predicted octanol–water partition coefficient (Wildman–Crippen LogP) is 4.00. The summed E-state index contributed by atoms with van der Waals surface area (Å²) in [6.45, 7) is 2.05. The van der Waals surface area contributed by atoms with Gasteiger partial charge in [0, 0.05) is 4.88 Å². The lowest BCUT2D eigenvalue weighted by Crippen LogP contribution is -1.92. The van der Waals surface area contributed by atoms with Gasteiger partial charge in [0.25, 0.3) is 0 Å². The Balaban J connectivity index is 2.74. The fraction of sp³-hybridized carbons (Fsp3) is 0.500. The van der Waals surface area contributed by atoms with E-state index in [0.717, 1.165) is 21.5 Å². The Bertz CT molecular complexity index is 242. The third-order valence-electron chi connectivity index (χ3n) is 1.55. The van der Waals surface area contributed by atoms with Gasteiger partial charge < -0.3 is 5.11 Å². The van der Waals surface area contributed by atoms with E-state index in [1.165, 1.54) is 11.3 Å². The Morgan fingerprint density at radius 3 is 2.83 bits per heavy atom. The second-order valence-corrected chi connectivity index (χ2v) is 5.38. The highest BCUT2D eigenvalue weighted by Crippen LogP contribution is 2.36. The minimum absolute atomic E-state index is 0.358. The number of hydrogen-bond acceptors (Lipinski definition) is 2. The van der Waals surface area contributed by atoms with Crippen LogP contribution in [0.5, 0.6) is 0 Å². The number of rotatable bonds is 3. The highest BCUT2D eigenvalue weighted by atomic mass is 79.9. The Morgan fingerprint density at radius 1 is 1.75 bits per heavy atom. The van der Waals surface area contributed by atoms with E-state index < -0.39 is 0 Å². The normalized spacial score (nSPS) is 13.3. The second-order valence-electron chi connectivity index (χ2n) is 2.57. The number of hydrogen-bond donors (Lipinski definition) is 1. The molecule has 1 unspecified atom stereocenters. The summed E-state index contributed by atoms with van der Waals surface area (Å²) < 4.78 is 0.898. The van der Waals surface area contributed by atoms with Crippen LogP contribution in [0, 0.1) is 0 Å². The molecule has 0 radical (unpaired) electrons. The van der Waals surface area contributed by atoms with Gasteiger partial charge in [0.1, 0.15) is 0 Å². The second kappa shape index (κ2) is 4.61.